The van der Waals surface area contributed by atoms with E-state index >= 15 is 0 Å². The molecule has 3 atom stereocenters. The molecule has 6 nitrogen and oxygen atoms in total. The lowest BCUT2D eigenvalue weighted by Gasteiger charge is -2.50. The van der Waals surface area contributed by atoms with Gasteiger partial charge in [-0.2, -0.15) is 0 Å². The number of hydrogen-bond acceptors (Lipinski definition) is 4. The lowest BCUT2D eigenvalue weighted by atomic mass is 9.84. The second-order valence-electron chi connectivity index (χ2n) is 6.26. The molecule has 0 saturated carbocycles. The van der Waals surface area contributed by atoms with Crippen LogP contribution in [0.2, 0.25) is 0 Å². The van der Waals surface area contributed by atoms with Gasteiger partial charge in [0.2, 0.25) is 11.8 Å². The molecular formula is C14H23N3O3. The highest BCUT2D eigenvalue weighted by atomic mass is 16.3. The standard InChI is InChI=1S/C14H23N3O3/c1-10(18)11(12(19)16-7-2-3-8-16)17-9-14(13(17)20)5-4-6-15-14/h10-11,15,18H,2-9H2,1H3/t10-,11?,14?/m1/s1. The summed E-state index contributed by atoms with van der Waals surface area (Å²) >= 11 is 0. The van der Waals surface area contributed by atoms with E-state index in [4.69, 9.17) is 0 Å². The van der Waals surface area contributed by atoms with Gasteiger partial charge in [0.25, 0.3) is 0 Å². The highest BCUT2D eigenvalue weighted by Crippen LogP contribution is 2.34. The van der Waals surface area contributed by atoms with Crippen molar-refractivity contribution in [3.05, 3.63) is 0 Å². The lowest BCUT2D eigenvalue weighted by Crippen LogP contribution is -2.76. The van der Waals surface area contributed by atoms with Gasteiger partial charge >= 0.3 is 0 Å². The molecule has 3 rings (SSSR count). The van der Waals surface area contributed by atoms with E-state index < -0.39 is 17.7 Å². The lowest BCUT2D eigenvalue weighted by molar-refractivity contribution is -0.167. The van der Waals surface area contributed by atoms with Gasteiger partial charge in [-0.1, -0.05) is 0 Å². The maximum atomic E-state index is 12.5. The molecule has 20 heavy (non-hydrogen) atoms. The quantitative estimate of drug-likeness (QED) is 0.673. The third kappa shape index (κ3) is 2.02. The van der Waals surface area contributed by atoms with Gasteiger partial charge in [-0.05, 0) is 39.2 Å². The van der Waals surface area contributed by atoms with Gasteiger partial charge in [0.1, 0.15) is 11.6 Å². The first-order valence-electron chi connectivity index (χ1n) is 7.58. The first-order chi connectivity index (χ1) is 9.55. The number of carbonyl (C=O) groups excluding carboxylic acids is 2. The molecule has 2 N–H and O–H groups in total. The Morgan fingerprint density at radius 2 is 2.05 bits per heavy atom. The van der Waals surface area contributed by atoms with Gasteiger partial charge in [0.05, 0.1) is 6.10 Å². The molecule has 0 radical (unpaired) electrons. The summed E-state index contributed by atoms with van der Waals surface area (Å²) in [6.45, 7) is 4.49. The van der Waals surface area contributed by atoms with Crippen LogP contribution in [0, 0.1) is 0 Å². The van der Waals surface area contributed by atoms with Crippen LogP contribution in [-0.2, 0) is 9.59 Å². The van der Waals surface area contributed by atoms with Crippen LogP contribution in [0.15, 0.2) is 0 Å². The SMILES string of the molecule is C[C@@H](O)C(C(=O)N1CCCC1)N1CC2(CCCN2)C1=O. The molecule has 6 heteroatoms. The van der Waals surface area contributed by atoms with Crippen LogP contribution < -0.4 is 5.32 Å². The van der Waals surface area contributed by atoms with Crippen molar-refractivity contribution in [1.29, 1.82) is 0 Å². The fourth-order valence-corrected chi connectivity index (χ4v) is 3.69. The summed E-state index contributed by atoms with van der Waals surface area (Å²) in [4.78, 5) is 28.3. The molecule has 3 aliphatic rings. The molecular weight excluding hydrogens is 258 g/mol. The van der Waals surface area contributed by atoms with Crippen LogP contribution in [-0.4, -0.2) is 70.6 Å². The zero-order valence-electron chi connectivity index (χ0n) is 12.0. The molecule has 1 spiro atoms. The average Bonchev–Trinajstić information content (AvgIpc) is 3.09. The number of nitrogens with one attached hydrogen (secondary N) is 1. The second kappa shape index (κ2) is 5.00. The van der Waals surface area contributed by atoms with Gasteiger partial charge in [-0.15, -0.1) is 0 Å². The maximum Gasteiger partial charge on any atom is 0.248 e. The Balaban J connectivity index is 1.72. The van der Waals surface area contributed by atoms with Crippen molar-refractivity contribution >= 4 is 11.8 Å². The van der Waals surface area contributed by atoms with Crippen molar-refractivity contribution in [2.45, 2.75) is 50.3 Å². The minimum absolute atomic E-state index is 0.0200. The number of likely N-dealkylation sites (tertiary alicyclic amines) is 2. The van der Waals surface area contributed by atoms with Crippen molar-refractivity contribution in [1.82, 2.24) is 15.1 Å². The van der Waals surface area contributed by atoms with Crippen LogP contribution in [0.4, 0.5) is 0 Å². The van der Waals surface area contributed by atoms with Crippen molar-refractivity contribution in [3.63, 3.8) is 0 Å². The number of hydrogen-bond donors (Lipinski definition) is 2. The molecule has 3 aliphatic heterocycles. The molecule has 0 aromatic rings. The minimum atomic E-state index is -0.828. The summed E-state index contributed by atoms with van der Waals surface area (Å²) in [5.74, 6) is -0.118. The zero-order chi connectivity index (χ0) is 14.3. The fraction of sp³-hybridized carbons (Fsp3) is 0.857. The number of nitrogens with zero attached hydrogens (tertiary/aromatic N) is 2. The number of β-lactam (4-membered cyclic amide) rings is 1. The largest absolute Gasteiger partial charge is 0.391 e. The molecule has 3 heterocycles. The number of amides is 2. The summed E-state index contributed by atoms with van der Waals surface area (Å²) in [7, 11) is 0. The normalized spacial score (nSPS) is 32.6. The summed E-state index contributed by atoms with van der Waals surface area (Å²) < 4.78 is 0. The molecule has 0 aliphatic carbocycles. The highest BCUT2D eigenvalue weighted by molar-refractivity contribution is 5.97. The third-order valence-corrected chi connectivity index (χ3v) is 4.82. The monoisotopic (exact) mass is 281 g/mol. The van der Waals surface area contributed by atoms with E-state index in [-0.39, 0.29) is 11.8 Å². The first kappa shape index (κ1) is 13.8. The van der Waals surface area contributed by atoms with Crippen molar-refractivity contribution in [3.8, 4) is 0 Å². The van der Waals surface area contributed by atoms with Crippen LogP contribution in [0.3, 0.4) is 0 Å². The van der Waals surface area contributed by atoms with E-state index in [1.165, 1.54) is 0 Å². The van der Waals surface area contributed by atoms with Gasteiger partial charge in [-0.3, -0.25) is 9.59 Å². The van der Waals surface area contributed by atoms with Crippen LogP contribution in [0.5, 0.6) is 0 Å². The van der Waals surface area contributed by atoms with Crippen LogP contribution in [0.25, 0.3) is 0 Å². The third-order valence-electron chi connectivity index (χ3n) is 4.82. The van der Waals surface area contributed by atoms with Crippen molar-refractivity contribution < 1.29 is 14.7 Å². The van der Waals surface area contributed by atoms with Crippen molar-refractivity contribution in [2.24, 2.45) is 0 Å². The Bertz CT molecular complexity index is 412. The summed E-state index contributed by atoms with van der Waals surface area (Å²) in [6.07, 6.45) is 3.03. The summed E-state index contributed by atoms with van der Waals surface area (Å²) in [6, 6.07) is -0.714. The molecule has 3 fully saturated rings. The number of carbonyl (C=O) groups is 2. The predicted octanol–water partition coefficient (Wildman–Crippen LogP) is -0.677. The number of rotatable bonds is 3. The Morgan fingerprint density at radius 1 is 1.35 bits per heavy atom. The predicted molar refractivity (Wildman–Crippen MR) is 73.0 cm³/mol. The topological polar surface area (TPSA) is 72.9 Å². The Kier molecular flexibility index (Phi) is 3.46. The molecule has 2 unspecified atom stereocenters. The summed E-state index contributed by atoms with van der Waals surface area (Å²) in [5.41, 5.74) is -0.446. The van der Waals surface area contributed by atoms with E-state index in [2.05, 4.69) is 5.32 Å². The Morgan fingerprint density at radius 3 is 2.55 bits per heavy atom. The first-order valence-corrected chi connectivity index (χ1v) is 7.58. The molecule has 112 valence electrons. The van der Waals surface area contributed by atoms with Gasteiger partial charge in [0, 0.05) is 19.6 Å². The summed E-state index contributed by atoms with van der Waals surface area (Å²) in [5, 5.41) is 13.2. The fourth-order valence-electron chi connectivity index (χ4n) is 3.69. The maximum absolute atomic E-state index is 12.5. The average molecular weight is 281 g/mol. The molecule has 0 aromatic carbocycles. The molecule has 3 saturated heterocycles. The van der Waals surface area contributed by atoms with Crippen LogP contribution >= 0.6 is 0 Å². The van der Waals surface area contributed by atoms with Gasteiger partial charge < -0.3 is 20.2 Å². The van der Waals surface area contributed by atoms with Crippen LogP contribution in [0.1, 0.15) is 32.6 Å². The second-order valence-corrected chi connectivity index (χ2v) is 6.26. The van der Waals surface area contributed by atoms with Crippen molar-refractivity contribution in [2.75, 3.05) is 26.2 Å². The van der Waals surface area contributed by atoms with E-state index in [1.807, 2.05) is 0 Å². The minimum Gasteiger partial charge on any atom is -0.391 e. The Hall–Kier alpha value is -1.14. The number of aliphatic hydroxyl groups excluding tert-OH is 1. The van der Waals surface area contributed by atoms with E-state index in [9.17, 15) is 14.7 Å². The smallest absolute Gasteiger partial charge is 0.248 e. The van der Waals surface area contributed by atoms with E-state index in [0.29, 0.717) is 6.54 Å². The van der Waals surface area contributed by atoms with Gasteiger partial charge in [-0.25, -0.2) is 0 Å². The van der Waals surface area contributed by atoms with E-state index in [0.717, 1.165) is 45.3 Å². The van der Waals surface area contributed by atoms with E-state index in [1.54, 1.807) is 16.7 Å². The van der Waals surface area contributed by atoms with Gasteiger partial charge in [0.15, 0.2) is 0 Å². The molecule has 0 aromatic heterocycles. The molecule has 0 bridgehead atoms. The Labute approximate surface area is 119 Å². The number of aliphatic hydroxyl groups is 1. The zero-order valence-corrected chi connectivity index (χ0v) is 12.0. The molecule has 2 amide bonds. The highest BCUT2D eigenvalue weighted by Gasteiger charge is 2.57.